The van der Waals surface area contributed by atoms with Crippen molar-refractivity contribution in [1.29, 1.82) is 0 Å². The van der Waals surface area contributed by atoms with Crippen LogP contribution in [0.3, 0.4) is 0 Å². The minimum absolute atomic E-state index is 0.135. The Kier molecular flexibility index (Phi) is 4.50. The number of aromatic nitrogens is 1. The van der Waals surface area contributed by atoms with Crippen molar-refractivity contribution in [3.8, 4) is 0 Å². The summed E-state index contributed by atoms with van der Waals surface area (Å²) in [6.07, 6.45) is 1.23. The van der Waals surface area contributed by atoms with Gasteiger partial charge in [-0.25, -0.2) is 17.2 Å². The second-order valence-electron chi connectivity index (χ2n) is 4.79. The number of rotatable bonds is 3. The Morgan fingerprint density at radius 1 is 1.08 bits per heavy atom. The third-order valence-corrected chi connectivity index (χ3v) is 6.31. The van der Waals surface area contributed by atoms with Gasteiger partial charge in [0.1, 0.15) is 16.5 Å². The average Bonchev–Trinajstić information content (AvgIpc) is 2.94. The zero-order valence-electron chi connectivity index (χ0n) is 11.5. The van der Waals surface area contributed by atoms with Gasteiger partial charge in [-0.15, -0.1) is 0 Å². The van der Waals surface area contributed by atoms with Crippen molar-refractivity contribution in [1.82, 2.24) is 4.98 Å². The highest BCUT2D eigenvalue weighted by atomic mass is 79.9. The van der Waals surface area contributed by atoms with Crippen molar-refractivity contribution in [3.63, 3.8) is 0 Å². The minimum atomic E-state index is -4.17. The molecule has 0 aliphatic carbocycles. The monoisotopic (exact) mass is 454 g/mol. The van der Waals surface area contributed by atoms with Crippen LogP contribution in [-0.2, 0) is 10.0 Å². The van der Waals surface area contributed by atoms with Gasteiger partial charge < -0.3 is 4.98 Å². The summed E-state index contributed by atoms with van der Waals surface area (Å²) in [4.78, 5) is 2.65. The number of H-pyrrole nitrogens is 1. The van der Waals surface area contributed by atoms with Crippen molar-refractivity contribution in [2.45, 2.75) is 4.90 Å². The molecular weight excluding hydrogens is 449 g/mol. The van der Waals surface area contributed by atoms with Crippen LogP contribution in [0, 0.1) is 11.6 Å². The summed E-state index contributed by atoms with van der Waals surface area (Å²) in [5.74, 6) is -1.93. The first-order chi connectivity index (χ1) is 11.2. The highest BCUT2D eigenvalue weighted by molar-refractivity contribution is 9.10. The molecule has 0 aliphatic rings. The van der Waals surface area contributed by atoms with Crippen molar-refractivity contribution in [2.75, 3.05) is 4.72 Å². The van der Waals surface area contributed by atoms with Crippen LogP contribution in [0.5, 0.6) is 0 Å². The van der Waals surface area contributed by atoms with Crippen LogP contribution in [0.15, 0.2) is 39.8 Å². The van der Waals surface area contributed by atoms with Gasteiger partial charge in [0.15, 0.2) is 0 Å². The van der Waals surface area contributed by atoms with E-state index in [1.807, 2.05) is 4.72 Å². The predicted octanol–water partition coefficient (Wildman–Crippen LogP) is 5.32. The van der Waals surface area contributed by atoms with E-state index in [4.69, 9.17) is 23.2 Å². The van der Waals surface area contributed by atoms with Gasteiger partial charge in [-0.1, -0.05) is 23.2 Å². The summed E-state index contributed by atoms with van der Waals surface area (Å²) < 4.78 is 54.8. The Balaban J connectivity index is 2.09. The fourth-order valence-corrected chi connectivity index (χ4v) is 4.13. The lowest BCUT2D eigenvalue weighted by Gasteiger charge is -2.09. The number of fused-ring (bicyclic) bond motifs is 1. The summed E-state index contributed by atoms with van der Waals surface area (Å²) in [6, 6.07) is 4.40. The molecule has 0 amide bonds. The highest BCUT2D eigenvalue weighted by Crippen LogP contribution is 2.34. The van der Waals surface area contributed by atoms with Gasteiger partial charge in [0.05, 0.1) is 25.7 Å². The summed E-state index contributed by atoms with van der Waals surface area (Å²) in [7, 11) is -4.17. The number of halogens is 5. The Labute approximate surface area is 153 Å². The number of sulfonamides is 1. The molecule has 3 rings (SSSR count). The molecule has 0 atom stereocenters. The second-order valence-corrected chi connectivity index (χ2v) is 8.05. The third-order valence-electron chi connectivity index (χ3n) is 3.25. The molecule has 3 aromatic rings. The molecule has 0 spiro atoms. The lowest BCUT2D eigenvalue weighted by Crippen LogP contribution is -2.14. The average molecular weight is 456 g/mol. The van der Waals surface area contributed by atoms with Gasteiger partial charge in [0, 0.05) is 17.6 Å². The lowest BCUT2D eigenvalue weighted by atomic mass is 10.2. The molecular formula is C14H7BrCl2F2N2O2S. The Bertz CT molecular complexity index is 1070. The van der Waals surface area contributed by atoms with E-state index in [1.165, 1.54) is 18.3 Å². The van der Waals surface area contributed by atoms with Gasteiger partial charge >= 0.3 is 0 Å². The van der Waals surface area contributed by atoms with Crippen molar-refractivity contribution in [2.24, 2.45) is 0 Å². The number of benzene rings is 2. The van der Waals surface area contributed by atoms with Crippen LogP contribution in [0.4, 0.5) is 14.5 Å². The quantitative estimate of drug-likeness (QED) is 0.525. The number of hydrogen-bond donors (Lipinski definition) is 2. The normalized spacial score (nSPS) is 11.9. The zero-order chi connectivity index (χ0) is 17.6. The molecule has 0 saturated carbocycles. The predicted molar refractivity (Wildman–Crippen MR) is 93.2 cm³/mol. The number of aromatic amines is 1. The maximum atomic E-state index is 13.8. The first-order valence-corrected chi connectivity index (χ1v) is 9.36. The Hall–Kier alpha value is -1.35. The molecule has 126 valence electrons. The molecule has 0 fully saturated rings. The van der Waals surface area contributed by atoms with E-state index >= 15 is 0 Å². The van der Waals surface area contributed by atoms with Crippen molar-refractivity contribution >= 4 is 65.7 Å². The van der Waals surface area contributed by atoms with Crippen molar-refractivity contribution < 1.29 is 17.2 Å². The van der Waals surface area contributed by atoms with E-state index in [9.17, 15) is 17.2 Å². The molecule has 10 heteroatoms. The zero-order valence-corrected chi connectivity index (χ0v) is 15.4. The summed E-state index contributed by atoms with van der Waals surface area (Å²) in [6.45, 7) is 0. The molecule has 0 aliphatic heterocycles. The van der Waals surface area contributed by atoms with Crippen LogP contribution in [0.25, 0.3) is 10.9 Å². The van der Waals surface area contributed by atoms with Gasteiger partial charge in [-0.2, -0.15) is 0 Å². The molecule has 1 heterocycles. The van der Waals surface area contributed by atoms with E-state index in [-0.39, 0.29) is 4.90 Å². The maximum absolute atomic E-state index is 13.8. The summed E-state index contributed by atoms with van der Waals surface area (Å²) in [5.41, 5.74) is -0.0788. The summed E-state index contributed by atoms with van der Waals surface area (Å²) >= 11 is 14.7. The first kappa shape index (κ1) is 17.5. The molecule has 1 aromatic heterocycles. The number of hydrogen-bond acceptors (Lipinski definition) is 2. The smallest absolute Gasteiger partial charge is 0.264 e. The van der Waals surface area contributed by atoms with Gasteiger partial charge in [-0.05, 0) is 34.1 Å². The molecule has 4 nitrogen and oxygen atoms in total. The van der Waals surface area contributed by atoms with Crippen LogP contribution >= 0.6 is 39.1 Å². The van der Waals surface area contributed by atoms with E-state index in [0.29, 0.717) is 32.5 Å². The van der Waals surface area contributed by atoms with Crippen LogP contribution in [-0.4, -0.2) is 13.4 Å². The number of anilines is 1. The summed E-state index contributed by atoms with van der Waals surface area (Å²) in [5, 5.41) is 0.293. The maximum Gasteiger partial charge on any atom is 0.264 e. The van der Waals surface area contributed by atoms with Crippen LogP contribution in [0.2, 0.25) is 10.0 Å². The molecule has 2 aromatic carbocycles. The largest absolute Gasteiger partial charge is 0.359 e. The standard InChI is InChI=1S/C14H7BrCl2F2N2O2S/c15-13-7(16)2-1-6-12(5-20-14(6)13)24(22,23)21-11-4-9(18)8(17)3-10(11)19/h1-5,20-21H. The number of nitrogens with one attached hydrogen (secondary N) is 2. The molecule has 24 heavy (non-hydrogen) atoms. The third kappa shape index (κ3) is 2.99. The first-order valence-electron chi connectivity index (χ1n) is 6.33. The molecule has 2 N–H and O–H groups in total. The Morgan fingerprint density at radius 2 is 1.79 bits per heavy atom. The van der Waals surface area contributed by atoms with E-state index < -0.39 is 32.4 Å². The van der Waals surface area contributed by atoms with E-state index in [1.54, 1.807) is 0 Å². The highest BCUT2D eigenvalue weighted by Gasteiger charge is 2.22. The van der Waals surface area contributed by atoms with Crippen molar-refractivity contribution in [3.05, 3.63) is 56.6 Å². The topological polar surface area (TPSA) is 62.0 Å². The fraction of sp³-hybridized carbons (Fsp3) is 0. The molecule has 0 unspecified atom stereocenters. The molecule has 0 bridgehead atoms. The Morgan fingerprint density at radius 3 is 2.50 bits per heavy atom. The van der Waals surface area contributed by atoms with E-state index in [0.717, 1.165) is 0 Å². The van der Waals surface area contributed by atoms with E-state index in [2.05, 4.69) is 20.9 Å². The molecule has 0 radical (unpaired) electrons. The minimum Gasteiger partial charge on any atom is -0.359 e. The molecule has 0 saturated heterocycles. The van der Waals surface area contributed by atoms with Gasteiger partial charge in [0.25, 0.3) is 10.0 Å². The fourth-order valence-electron chi connectivity index (χ4n) is 2.14. The lowest BCUT2D eigenvalue weighted by molar-refractivity contribution is 0.595. The van der Waals surface area contributed by atoms with Crippen LogP contribution < -0.4 is 4.72 Å². The van der Waals surface area contributed by atoms with Gasteiger partial charge in [0.2, 0.25) is 0 Å². The van der Waals surface area contributed by atoms with Crippen LogP contribution in [0.1, 0.15) is 0 Å². The van der Waals surface area contributed by atoms with Gasteiger partial charge in [-0.3, -0.25) is 4.72 Å². The SMILES string of the molecule is O=S(=O)(Nc1cc(F)c(Cl)cc1F)c1c[nH]c2c(Br)c(Cl)ccc12. The second kappa shape index (κ2) is 6.18.